The predicted molar refractivity (Wildman–Crippen MR) is 85.8 cm³/mol. The van der Waals surface area contributed by atoms with Crippen LogP contribution in [0.2, 0.25) is 5.02 Å². The first kappa shape index (κ1) is 15.6. The zero-order valence-electron chi connectivity index (χ0n) is 12.4. The summed E-state index contributed by atoms with van der Waals surface area (Å²) in [5.74, 6) is 0.399. The number of halogens is 2. The lowest BCUT2D eigenvalue weighted by Gasteiger charge is -2.19. The topological polar surface area (TPSA) is 21.3 Å². The minimum absolute atomic E-state index is 0.0568. The second kappa shape index (κ2) is 6.81. The van der Waals surface area contributed by atoms with E-state index in [1.807, 2.05) is 45.0 Å². The van der Waals surface area contributed by atoms with E-state index in [0.29, 0.717) is 6.61 Å². The van der Waals surface area contributed by atoms with Crippen LogP contribution in [-0.4, -0.2) is 6.61 Å². The lowest BCUT2D eigenvalue weighted by Crippen LogP contribution is -2.08. The van der Waals surface area contributed by atoms with E-state index in [4.69, 9.17) is 16.3 Å². The van der Waals surface area contributed by atoms with Gasteiger partial charge in [0.2, 0.25) is 0 Å². The number of rotatable bonds is 5. The van der Waals surface area contributed by atoms with E-state index in [-0.39, 0.29) is 11.1 Å². The van der Waals surface area contributed by atoms with Crippen LogP contribution in [0.25, 0.3) is 0 Å². The van der Waals surface area contributed by atoms with Gasteiger partial charge in [0.05, 0.1) is 17.3 Å². The van der Waals surface area contributed by atoms with Gasteiger partial charge in [0.25, 0.3) is 0 Å². The summed E-state index contributed by atoms with van der Waals surface area (Å²) in [6.07, 6.45) is 0. The van der Waals surface area contributed by atoms with Crippen molar-refractivity contribution in [3.63, 3.8) is 0 Å². The minimum atomic E-state index is -0.406. The summed E-state index contributed by atoms with van der Waals surface area (Å²) < 4.78 is 19.2. The molecule has 0 fully saturated rings. The molecule has 1 atom stereocenters. The molecule has 0 heterocycles. The fraction of sp³-hybridized carbons (Fsp3) is 0.294. The van der Waals surface area contributed by atoms with Crippen LogP contribution in [0.5, 0.6) is 5.75 Å². The monoisotopic (exact) mass is 307 g/mol. The molecule has 2 nitrogen and oxygen atoms in total. The fourth-order valence-corrected chi connectivity index (χ4v) is 2.24. The van der Waals surface area contributed by atoms with E-state index in [1.165, 1.54) is 6.07 Å². The zero-order chi connectivity index (χ0) is 15.4. The van der Waals surface area contributed by atoms with Crippen molar-refractivity contribution < 1.29 is 9.13 Å². The molecule has 0 aliphatic rings. The van der Waals surface area contributed by atoms with Gasteiger partial charge in [0.15, 0.2) is 0 Å². The van der Waals surface area contributed by atoms with E-state index < -0.39 is 5.82 Å². The first-order valence-corrected chi connectivity index (χ1v) is 7.34. The molecule has 2 aromatic rings. The van der Waals surface area contributed by atoms with Crippen molar-refractivity contribution in [2.45, 2.75) is 26.8 Å². The Balaban J connectivity index is 2.22. The van der Waals surface area contributed by atoms with E-state index in [9.17, 15) is 4.39 Å². The van der Waals surface area contributed by atoms with Gasteiger partial charge in [0, 0.05) is 6.04 Å². The minimum Gasteiger partial charge on any atom is -0.492 e. The molecule has 4 heteroatoms. The third-order valence-electron chi connectivity index (χ3n) is 3.25. The Kier molecular flexibility index (Phi) is 5.07. The van der Waals surface area contributed by atoms with Gasteiger partial charge >= 0.3 is 0 Å². The molecule has 0 radical (unpaired) electrons. The fourth-order valence-electron chi connectivity index (χ4n) is 2.12. The number of anilines is 1. The Bertz CT molecular complexity index is 630. The smallest absolute Gasteiger partial charge is 0.142 e. The van der Waals surface area contributed by atoms with Gasteiger partial charge in [-0.1, -0.05) is 23.7 Å². The quantitative estimate of drug-likeness (QED) is 0.803. The highest BCUT2D eigenvalue weighted by Gasteiger charge is 2.11. The normalized spacial score (nSPS) is 12.0. The average Bonchev–Trinajstić information content (AvgIpc) is 2.45. The van der Waals surface area contributed by atoms with Crippen LogP contribution in [0.15, 0.2) is 36.4 Å². The van der Waals surface area contributed by atoms with Gasteiger partial charge in [-0.25, -0.2) is 4.39 Å². The molecule has 0 aromatic heterocycles. The molecule has 112 valence electrons. The van der Waals surface area contributed by atoms with Crippen LogP contribution in [0, 0.1) is 12.7 Å². The Hall–Kier alpha value is -1.74. The van der Waals surface area contributed by atoms with Gasteiger partial charge in [0.1, 0.15) is 11.6 Å². The summed E-state index contributed by atoms with van der Waals surface area (Å²) in [5, 5.41) is 3.49. The molecule has 0 saturated carbocycles. The van der Waals surface area contributed by atoms with Crippen molar-refractivity contribution in [3.05, 3.63) is 58.4 Å². The van der Waals surface area contributed by atoms with Gasteiger partial charge in [-0.3, -0.25) is 0 Å². The van der Waals surface area contributed by atoms with Crippen molar-refractivity contribution in [3.8, 4) is 5.75 Å². The standard InChI is InChI=1S/C17H19ClFNO/c1-4-21-17-9-11(2)5-8-16(17)20-12(3)13-6-7-14(18)15(19)10-13/h5-10,12,20H,4H2,1-3H3. The molecule has 0 spiro atoms. The van der Waals surface area contributed by atoms with Crippen molar-refractivity contribution in [2.75, 3.05) is 11.9 Å². The molecule has 1 N–H and O–H groups in total. The number of nitrogens with one attached hydrogen (secondary N) is 1. The van der Waals surface area contributed by atoms with Crippen LogP contribution in [0.1, 0.15) is 31.0 Å². The lowest BCUT2D eigenvalue weighted by molar-refractivity contribution is 0.341. The Morgan fingerprint density at radius 2 is 2.00 bits per heavy atom. The third kappa shape index (κ3) is 3.88. The molecule has 0 aliphatic carbocycles. The summed E-state index contributed by atoms with van der Waals surface area (Å²) in [5.41, 5.74) is 2.86. The van der Waals surface area contributed by atoms with Crippen LogP contribution in [0.4, 0.5) is 10.1 Å². The van der Waals surface area contributed by atoms with Crippen LogP contribution in [-0.2, 0) is 0 Å². The van der Waals surface area contributed by atoms with E-state index >= 15 is 0 Å². The lowest BCUT2D eigenvalue weighted by atomic mass is 10.1. The SMILES string of the molecule is CCOc1cc(C)ccc1NC(C)c1ccc(Cl)c(F)c1. The van der Waals surface area contributed by atoms with Crippen molar-refractivity contribution in [1.82, 2.24) is 0 Å². The molecular weight excluding hydrogens is 289 g/mol. The van der Waals surface area contributed by atoms with Crippen LogP contribution >= 0.6 is 11.6 Å². The first-order valence-electron chi connectivity index (χ1n) is 6.96. The highest BCUT2D eigenvalue weighted by Crippen LogP contribution is 2.30. The Labute approximate surface area is 129 Å². The molecule has 2 rings (SSSR count). The van der Waals surface area contributed by atoms with Gasteiger partial charge < -0.3 is 10.1 Å². The largest absolute Gasteiger partial charge is 0.492 e. The predicted octanol–water partition coefficient (Wildman–Crippen LogP) is 5.36. The van der Waals surface area contributed by atoms with Gasteiger partial charge in [-0.15, -0.1) is 0 Å². The van der Waals surface area contributed by atoms with Crippen LogP contribution < -0.4 is 10.1 Å². The maximum absolute atomic E-state index is 13.5. The van der Waals surface area contributed by atoms with Gasteiger partial charge in [-0.2, -0.15) is 0 Å². The third-order valence-corrected chi connectivity index (χ3v) is 3.56. The van der Waals surface area contributed by atoms with Crippen LogP contribution in [0.3, 0.4) is 0 Å². The number of benzene rings is 2. The molecule has 1 unspecified atom stereocenters. The molecule has 0 saturated heterocycles. The number of hydrogen-bond donors (Lipinski definition) is 1. The van der Waals surface area contributed by atoms with Crippen molar-refractivity contribution in [2.24, 2.45) is 0 Å². The first-order chi connectivity index (χ1) is 10.0. The van der Waals surface area contributed by atoms with Crippen molar-refractivity contribution in [1.29, 1.82) is 0 Å². The summed E-state index contributed by atoms with van der Waals surface area (Å²) in [6.45, 7) is 6.54. The number of aryl methyl sites for hydroxylation is 1. The summed E-state index contributed by atoms with van der Waals surface area (Å²) in [7, 11) is 0. The van der Waals surface area contributed by atoms with E-state index in [2.05, 4.69) is 5.32 Å². The second-order valence-corrected chi connectivity index (χ2v) is 5.38. The maximum atomic E-state index is 13.5. The van der Waals surface area contributed by atoms with E-state index in [0.717, 1.165) is 22.6 Å². The molecular formula is C17H19ClFNO. The molecule has 0 aliphatic heterocycles. The molecule has 0 bridgehead atoms. The Morgan fingerprint density at radius 3 is 2.67 bits per heavy atom. The molecule has 0 amide bonds. The number of ether oxygens (including phenoxy) is 1. The molecule has 21 heavy (non-hydrogen) atoms. The Morgan fingerprint density at radius 1 is 1.24 bits per heavy atom. The zero-order valence-corrected chi connectivity index (χ0v) is 13.2. The summed E-state index contributed by atoms with van der Waals surface area (Å²) >= 11 is 5.71. The van der Waals surface area contributed by atoms with Crippen molar-refractivity contribution >= 4 is 17.3 Å². The molecule has 2 aromatic carbocycles. The summed E-state index contributed by atoms with van der Waals surface area (Å²) in [6, 6.07) is 10.8. The van der Waals surface area contributed by atoms with E-state index in [1.54, 1.807) is 6.07 Å². The highest BCUT2D eigenvalue weighted by atomic mass is 35.5. The van der Waals surface area contributed by atoms with Gasteiger partial charge in [-0.05, 0) is 56.2 Å². The average molecular weight is 308 g/mol. The second-order valence-electron chi connectivity index (χ2n) is 4.97. The summed E-state index contributed by atoms with van der Waals surface area (Å²) in [4.78, 5) is 0. The highest BCUT2D eigenvalue weighted by molar-refractivity contribution is 6.30. The number of hydrogen-bond acceptors (Lipinski definition) is 2. The maximum Gasteiger partial charge on any atom is 0.142 e.